The van der Waals surface area contributed by atoms with Gasteiger partial charge in [0.25, 0.3) is 17.6 Å². The number of methoxy groups -OCH3 is 3. The van der Waals surface area contributed by atoms with Crippen LogP contribution in [0.4, 0.5) is 22.5 Å². The van der Waals surface area contributed by atoms with E-state index in [9.17, 15) is 48.6 Å². The van der Waals surface area contributed by atoms with Crippen LogP contribution in [0, 0.1) is 35.5 Å². The first-order valence-electron chi connectivity index (χ1n) is 45.6. The van der Waals surface area contributed by atoms with Gasteiger partial charge in [-0.25, -0.2) is 49.2 Å². The number of carbonyl (C=O) groups is 8. The molecule has 708 valence electrons. The Morgan fingerprint density at radius 2 is 1.42 bits per heavy atom. The van der Waals surface area contributed by atoms with Crippen LogP contribution in [0.5, 0.6) is 0 Å². The molecule has 1 saturated carbocycles. The number of nitrogens with two attached hydrogens (primary N) is 1. The van der Waals surface area contributed by atoms with Crippen LogP contribution in [0.25, 0.3) is 33.3 Å². The Bertz CT molecular complexity index is 4850. The number of aliphatic hydroxyl groups is 2. The number of aliphatic hydroxyl groups excluding tert-OH is 1. The second-order valence-electron chi connectivity index (χ2n) is 34.6. The predicted molar refractivity (Wildman–Crippen MR) is 482 cm³/mol. The van der Waals surface area contributed by atoms with Gasteiger partial charge in [-0.2, -0.15) is 5.10 Å². The van der Waals surface area contributed by atoms with E-state index >= 15 is 0 Å². The van der Waals surface area contributed by atoms with E-state index < -0.39 is 102 Å². The molecule has 37 heteroatoms. The molecule has 130 heavy (non-hydrogen) atoms. The Hall–Kier alpha value is -10.5. The molecule has 0 aromatic carbocycles. The van der Waals surface area contributed by atoms with Crippen LogP contribution < -0.4 is 31.5 Å². The van der Waals surface area contributed by atoms with Crippen LogP contribution in [0.1, 0.15) is 161 Å². The predicted octanol–water partition coefficient (Wildman–Crippen LogP) is 8.07. The van der Waals surface area contributed by atoms with E-state index in [0.717, 1.165) is 35.0 Å². The summed E-state index contributed by atoms with van der Waals surface area (Å²) in [5.41, 5.74) is 11.3. The number of ketones is 3. The highest BCUT2D eigenvalue weighted by atomic mass is 16.6. The van der Waals surface area contributed by atoms with Crippen LogP contribution in [-0.2, 0) is 89.2 Å². The molecule has 0 spiro atoms. The first-order valence-corrected chi connectivity index (χ1v) is 45.6. The van der Waals surface area contributed by atoms with E-state index in [4.69, 9.17) is 58.2 Å². The molecular weight excluding hydrogens is 1680 g/mol. The van der Waals surface area contributed by atoms with Crippen molar-refractivity contribution in [1.29, 1.82) is 0 Å². The number of carbonyl (C=O) groups excluding carboxylic acids is 8. The fourth-order valence-electron chi connectivity index (χ4n) is 17.3. The van der Waals surface area contributed by atoms with E-state index in [0.29, 0.717) is 188 Å². The molecule has 4 amide bonds. The van der Waals surface area contributed by atoms with Gasteiger partial charge >= 0.3 is 12.1 Å². The molecule has 4 aliphatic heterocycles. The molecule has 3 saturated heterocycles. The highest BCUT2D eigenvalue weighted by Crippen LogP contribution is 2.40. The summed E-state index contributed by atoms with van der Waals surface area (Å²) in [6, 6.07) is 2.73. The number of nitrogen functional groups attached to an aromatic ring is 1. The van der Waals surface area contributed by atoms with Gasteiger partial charge in [0.2, 0.25) is 23.6 Å². The van der Waals surface area contributed by atoms with E-state index in [1.54, 1.807) is 66.6 Å². The van der Waals surface area contributed by atoms with Gasteiger partial charge < -0.3 is 98.9 Å². The maximum absolute atomic E-state index is 14.8. The van der Waals surface area contributed by atoms with E-state index in [1.807, 2.05) is 84.0 Å². The van der Waals surface area contributed by atoms with Crippen molar-refractivity contribution < 1.29 is 95.9 Å². The van der Waals surface area contributed by atoms with E-state index in [-0.39, 0.29) is 93.7 Å². The van der Waals surface area contributed by atoms with Gasteiger partial charge in [0, 0.05) is 171 Å². The molecule has 6 aromatic heterocycles. The van der Waals surface area contributed by atoms with E-state index in [1.165, 1.54) is 30.7 Å². The van der Waals surface area contributed by atoms with Crippen molar-refractivity contribution in [3.63, 3.8) is 0 Å². The number of hydrogen-bond acceptors (Lipinski definition) is 31. The minimum atomic E-state index is -2.49. The molecule has 15 atom stereocenters. The number of cyclic esters (lactones) is 1. The number of amides is 4. The number of alkyl carbamates (subject to hydrolysis) is 1. The van der Waals surface area contributed by atoms with Gasteiger partial charge in [-0.3, -0.25) is 28.8 Å². The third-order valence-electron chi connectivity index (χ3n) is 25.1. The van der Waals surface area contributed by atoms with Crippen molar-refractivity contribution in [2.24, 2.45) is 35.5 Å². The number of fused-ring (bicyclic) bond motifs is 5. The van der Waals surface area contributed by atoms with Gasteiger partial charge in [0.15, 0.2) is 11.4 Å². The summed E-state index contributed by atoms with van der Waals surface area (Å²) in [6.07, 6.45) is 22.0. The van der Waals surface area contributed by atoms with Crippen LogP contribution in [-0.4, -0.2) is 286 Å². The van der Waals surface area contributed by atoms with Crippen molar-refractivity contribution in [3.8, 4) is 11.3 Å². The Morgan fingerprint density at radius 1 is 0.715 bits per heavy atom. The molecular formula is C93H131N17O20. The number of anilines is 3. The molecule has 37 nitrogen and oxygen atoms in total. The molecule has 11 rings (SSSR count). The number of H-pyrrole nitrogens is 1. The third-order valence-corrected chi connectivity index (χ3v) is 25.1. The van der Waals surface area contributed by atoms with Gasteiger partial charge in [-0.1, -0.05) is 71.1 Å². The average molecular weight is 1810 g/mol. The number of aromatic nitrogens is 10. The molecule has 5 aliphatic rings. The normalized spacial score (nSPS) is 26.7. The Labute approximate surface area is 758 Å². The number of pyridine rings is 1. The lowest BCUT2D eigenvalue weighted by molar-refractivity contribution is -0.265. The Balaban J connectivity index is 0.561. The van der Waals surface area contributed by atoms with Crippen molar-refractivity contribution in [3.05, 3.63) is 114 Å². The monoisotopic (exact) mass is 1810 g/mol. The van der Waals surface area contributed by atoms with Gasteiger partial charge in [-0.15, -0.1) is 0 Å². The fourth-order valence-corrected chi connectivity index (χ4v) is 17.3. The third kappa shape index (κ3) is 27.8. The van der Waals surface area contributed by atoms with Crippen LogP contribution in [0.2, 0.25) is 0 Å². The van der Waals surface area contributed by atoms with Crippen molar-refractivity contribution >= 4 is 86.9 Å². The Kier molecular flexibility index (Phi) is 38.2. The van der Waals surface area contributed by atoms with Crippen LogP contribution in [0.15, 0.2) is 103 Å². The minimum absolute atomic E-state index is 0.0254. The highest BCUT2D eigenvalue weighted by Gasteiger charge is 2.53. The zero-order valence-electron chi connectivity index (χ0n) is 76.6. The summed E-state index contributed by atoms with van der Waals surface area (Å²) in [4.78, 5) is 151. The average Bonchev–Trinajstić information content (AvgIpc) is 1.56. The number of nitrogens with zero attached hydrogens (tertiary/aromatic N) is 12. The zero-order chi connectivity index (χ0) is 92.8. The topological polar surface area (TPSA) is 465 Å². The molecule has 0 radical (unpaired) electrons. The summed E-state index contributed by atoms with van der Waals surface area (Å²) in [5.74, 6) is -7.88. The SMILES string of the molecule is COC1C[C@@H]2CC[C@@H](C)[C@@](O)(O2)C(=O)C(=O)N2CCCC[C@H]2C(=O)O[C@H]([C@H](C)C[C@@H]2CC[C@@H](OC(=O)NCc3cnc(N4CCN(c5ncc(C(=O)NCCOCCOCCOCCOCCC(=O)NCCCCn6nc(-c7cnc8[nH]ccc8c7)c7c(N)ncnc76)cn5)CC4)nc3)[C@H](OC)C2)CC(=O)[C@H](C)/C=C(\C)[C@@H](O)[C@@H](OC)C(=O)[C@H](C)C[C@H](C)/C=C/C=C/C=C/1C. The lowest BCUT2D eigenvalue weighted by Crippen LogP contribution is -2.61. The van der Waals surface area contributed by atoms with Crippen LogP contribution >= 0.6 is 0 Å². The summed E-state index contributed by atoms with van der Waals surface area (Å²) in [5, 5.41) is 38.9. The quantitative estimate of drug-likeness (QED) is 0.00885. The lowest BCUT2D eigenvalue weighted by Gasteiger charge is -2.42. The molecule has 4 fully saturated rings. The number of allylic oxidation sites excluding steroid dienone is 6. The number of nitrogens with one attached hydrogen (secondary N) is 4. The number of aromatic amines is 1. The fraction of sp³-hybridized carbons (Fsp3) is 0.613. The molecule has 1 aliphatic carbocycles. The number of aryl methyl sites for hydroxylation is 1. The standard InChI is InChI=1S/C93H131N17O20/c1-58-18-12-11-13-19-59(2)74(121-8)49-70-23-21-64(7)93(120,130-70)83(115)88(117)109-30-16-14-20-71(109)89(118)128-75(50-72(111)60(3)45-63(6)81(114)82(123-10)80(113)62(5)44-58)61(4)46-65-22-24-73(76(47-65)122-9)129-92(119)103-53-66-51-99-90(100-52-66)107-32-34-108(35-33-107)91-101-55-69(56-102-91)87(116)97-29-37-125-39-41-127-43-42-126-40-38-124-36-26-77(112)95-27-15-17-31-110-86-78(84(94)104-57-105-86)79(106-110)68-48-67-25-28-96-85(67)98-54-68/h11-13,18-19,25,28,45,48,51-52,54-58,60-62,64-65,70-71,73-76,81-82,114,120H,14-17,20-24,26-27,29-44,46-47,49-50,53H2,1-10H3,(H,95,112)(H,96,98)(H,97,116)(H,103,119)(H2,94,104,105)/b13-11+,18-12+,59-19+,63-45+/t58-,60-,61-,62-,64-,65+,70+,71+,73-,74?,75+,76-,81-,82+,93-/m1/s1. The first kappa shape index (κ1) is 100. The smallest absolute Gasteiger partial charge is 0.407 e. The summed E-state index contributed by atoms with van der Waals surface area (Å²) in [7, 11) is 4.48. The van der Waals surface area contributed by atoms with Crippen molar-refractivity contribution in [2.45, 2.75) is 212 Å². The Morgan fingerprint density at radius 3 is 2.12 bits per heavy atom. The maximum atomic E-state index is 14.8. The van der Waals surface area contributed by atoms with Crippen LogP contribution in [0.3, 0.4) is 0 Å². The van der Waals surface area contributed by atoms with E-state index in [2.05, 4.69) is 55.8 Å². The number of esters is 1. The number of piperazine rings is 1. The highest BCUT2D eigenvalue weighted by molar-refractivity contribution is 6.39. The summed E-state index contributed by atoms with van der Waals surface area (Å²) in [6.45, 7) is 18.9. The van der Waals surface area contributed by atoms with Gasteiger partial charge in [0.1, 0.15) is 59.7 Å². The molecule has 2 bridgehead atoms. The summed E-state index contributed by atoms with van der Waals surface area (Å²) < 4.78 is 60.4. The lowest BCUT2D eigenvalue weighted by atomic mass is 9.78. The molecule has 10 heterocycles. The second kappa shape index (κ2) is 49.7. The number of piperidine rings is 1. The number of hydrogen-bond donors (Lipinski definition) is 7. The first-order chi connectivity index (χ1) is 62.7. The largest absolute Gasteiger partial charge is 0.460 e. The van der Waals surface area contributed by atoms with Crippen molar-refractivity contribution in [2.75, 3.05) is 136 Å². The molecule has 1 unspecified atom stereocenters. The van der Waals surface area contributed by atoms with Gasteiger partial charge in [0.05, 0.1) is 82.1 Å². The number of unbranched alkanes of at least 4 members (excludes halogenated alkanes) is 1. The number of Topliss-reactive ketones (excluding diaryl/α,β-unsaturated/α-hetero) is 3. The summed E-state index contributed by atoms with van der Waals surface area (Å²) >= 11 is 0. The second-order valence-corrected chi connectivity index (χ2v) is 34.6. The molecule has 6 aromatic rings. The molecule has 8 N–H and O–H groups in total. The van der Waals surface area contributed by atoms with Crippen molar-refractivity contribution in [1.82, 2.24) is 70.5 Å². The maximum Gasteiger partial charge on any atom is 0.407 e. The minimum Gasteiger partial charge on any atom is -0.460 e. The zero-order valence-corrected chi connectivity index (χ0v) is 76.6. The number of ether oxygens (including phenoxy) is 10. The van der Waals surface area contributed by atoms with Gasteiger partial charge in [-0.05, 0) is 132 Å². The number of rotatable bonds is 33.